The van der Waals surface area contributed by atoms with Gasteiger partial charge in [0.05, 0.1) is 11.8 Å². The molecule has 1 aromatic carbocycles. The molecule has 5 fully saturated rings. The smallest absolute Gasteiger partial charge is 0.366 e. The first-order valence-corrected chi connectivity index (χ1v) is 11.8. The summed E-state index contributed by atoms with van der Waals surface area (Å²) in [6.45, 7) is 4.67. The van der Waals surface area contributed by atoms with Crippen LogP contribution in [-0.4, -0.2) is 23.8 Å². The molecule has 27 heavy (non-hydrogen) atoms. The van der Waals surface area contributed by atoms with Crippen molar-refractivity contribution < 1.29 is 18.3 Å². The van der Waals surface area contributed by atoms with E-state index in [0.717, 1.165) is 17.4 Å². The summed E-state index contributed by atoms with van der Waals surface area (Å²) in [6, 6.07) is 7.53. The quantitative estimate of drug-likeness (QED) is 0.712. The Bertz CT molecular complexity index is 852. The maximum absolute atomic E-state index is 13.4. The fraction of sp³-hybridized carbons (Fsp3) is 0.667. The summed E-state index contributed by atoms with van der Waals surface area (Å²) in [7, 11) is -3.25. The Labute approximate surface area is 160 Å². The van der Waals surface area contributed by atoms with Crippen LogP contribution in [0.15, 0.2) is 29.3 Å². The van der Waals surface area contributed by atoms with Gasteiger partial charge in [0.2, 0.25) is 5.90 Å². The number of hydrogen-bond donors (Lipinski definition) is 0. The van der Waals surface area contributed by atoms with Gasteiger partial charge in [0.15, 0.2) is 5.79 Å². The van der Waals surface area contributed by atoms with Gasteiger partial charge in [-0.1, -0.05) is 6.07 Å². The van der Waals surface area contributed by atoms with E-state index in [1.807, 2.05) is 38.1 Å². The summed E-state index contributed by atoms with van der Waals surface area (Å²) in [6.07, 6.45) is 6.07. The summed E-state index contributed by atoms with van der Waals surface area (Å²) in [4.78, 5) is 4.49. The van der Waals surface area contributed by atoms with E-state index in [4.69, 9.17) is 13.8 Å². The van der Waals surface area contributed by atoms with E-state index < -0.39 is 13.4 Å². The predicted molar refractivity (Wildman–Crippen MR) is 102 cm³/mol. The van der Waals surface area contributed by atoms with Gasteiger partial charge < -0.3 is 4.74 Å². The molecular weight excluding hydrogens is 361 g/mol. The van der Waals surface area contributed by atoms with E-state index in [9.17, 15) is 4.57 Å². The Kier molecular flexibility index (Phi) is 3.26. The van der Waals surface area contributed by atoms with Gasteiger partial charge in [-0.15, -0.1) is 0 Å². The topological polar surface area (TPSA) is 57.1 Å². The molecule has 144 valence electrons. The Morgan fingerprint density at radius 2 is 1.70 bits per heavy atom. The van der Waals surface area contributed by atoms with E-state index in [0.29, 0.717) is 29.6 Å². The molecule has 0 atom stereocenters. The van der Waals surface area contributed by atoms with Gasteiger partial charge in [0, 0.05) is 17.4 Å². The highest BCUT2D eigenvalue weighted by atomic mass is 31.2. The van der Waals surface area contributed by atoms with Crippen LogP contribution in [0.1, 0.15) is 51.5 Å². The molecule has 0 radical (unpaired) electrons. The minimum atomic E-state index is -3.25. The number of rotatable bonds is 2. The third kappa shape index (κ3) is 2.38. The molecule has 4 bridgehead atoms. The lowest BCUT2D eigenvalue weighted by atomic mass is 9.53. The van der Waals surface area contributed by atoms with Gasteiger partial charge in [-0.2, -0.15) is 0 Å². The van der Waals surface area contributed by atoms with Gasteiger partial charge in [-0.05, 0) is 76.0 Å². The summed E-state index contributed by atoms with van der Waals surface area (Å²) < 4.78 is 31.9. The van der Waals surface area contributed by atoms with Gasteiger partial charge in [0.25, 0.3) is 0 Å². The zero-order valence-corrected chi connectivity index (χ0v) is 16.8. The molecule has 5 nitrogen and oxygen atoms in total. The number of nitrogens with zero attached hydrogens (tertiary/aromatic N) is 1. The summed E-state index contributed by atoms with van der Waals surface area (Å²) in [5.74, 6) is 2.52. The lowest BCUT2D eigenvalue weighted by Crippen LogP contribution is -2.64. The first kappa shape index (κ1) is 16.8. The van der Waals surface area contributed by atoms with E-state index in [2.05, 4.69) is 4.99 Å². The van der Waals surface area contributed by atoms with E-state index in [-0.39, 0.29) is 5.60 Å². The highest BCUT2D eigenvalue weighted by molar-refractivity contribution is 7.63. The fourth-order valence-electron chi connectivity index (χ4n) is 6.18. The van der Waals surface area contributed by atoms with E-state index in [1.54, 1.807) is 0 Å². The largest absolute Gasteiger partial charge is 0.469 e. The Hall–Kier alpha value is -1.16. The molecule has 7 rings (SSSR count). The van der Waals surface area contributed by atoms with Crippen molar-refractivity contribution in [1.29, 1.82) is 0 Å². The Morgan fingerprint density at radius 3 is 2.30 bits per heavy atom. The molecule has 0 unspecified atom stereocenters. The zero-order chi connectivity index (χ0) is 18.4. The van der Waals surface area contributed by atoms with Crippen molar-refractivity contribution in [3.63, 3.8) is 0 Å². The number of aliphatic imine (C=N–C) groups is 1. The summed E-state index contributed by atoms with van der Waals surface area (Å²) >= 11 is 0. The Morgan fingerprint density at radius 1 is 1.04 bits per heavy atom. The molecule has 6 aliphatic rings. The van der Waals surface area contributed by atoms with Crippen LogP contribution in [0.2, 0.25) is 0 Å². The average molecular weight is 387 g/mol. The predicted octanol–water partition coefficient (Wildman–Crippen LogP) is 4.26. The molecule has 1 spiro atoms. The highest BCUT2D eigenvalue weighted by Crippen LogP contribution is 2.74. The van der Waals surface area contributed by atoms with E-state index in [1.165, 1.54) is 32.1 Å². The third-order valence-corrected chi connectivity index (χ3v) is 9.15. The van der Waals surface area contributed by atoms with Crippen LogP contribution >= 0.6 is 7.60 Å². The van der Waals surface area contributed by atoms with Crippen molar-refractivity contribution in [2.75, 3.05) is 6.54 Å². The molecule has 0 N–H and O–H groups in total. The molecule has 6 heteroatoms. The number of ether oxygens (including phenoxy) is 1. The molecule has 0 aromatic heterocycles. The molecule has 0 amide bonds. The molecule has 4 saturated carbocycles. The van der Waals surface area contributed by atoms with E-state index >= 15 is 0 Å². The maximum Gasteiger partial charge on any atom is 0.366 e. The van der Waals surface area contributed by atoms with Crippen molar-refractivity contribution in [2.45, 2.75) is 57.3 Å². The minimum absolute atomic E-state index is 0.288. The summed E-state index contributed by atoms with van der Waals surface area (Å²) in [5, 5.41) is 0.621. The number of hydrogen-bond acceptors (Lipinski definition) is 5. The second kappa shape index (κ2) is 5.25. The van der Waals surface area contributed by atoms with Gasteiger partial charge >= 0.3 is 7.60 Å². The van der Waals surface area contributed by atoms with Gasteiger partial charge in [0.1, 0.15) is 5.60 Å². The second-order valence-electron chi connectivity index (χ2n) is 9.74. The van der Waals surface area contributed by atoms with Gasteiger partial charge in [-0.25, -0.2) is 4.99 Å². The molecular formula is C21H26NO4P. The van der Waals surface area contributed by atoms with Crippen LogP contribution in [0, 0.1) is 23.7 Å². The standard InChI is InChI=1S/C21H26NO4P/c1-20(2)12-22-19(24-20)15-4-3-5-18(11-15)27(23)25-21(26-27)16-7-13-6-14(9-16)10-17(21)8-13/h3-5,11,13-14,16-17H,6-10,12H2,1-2H3. The lowest BCUT2D eigenvalue weighted by molar-refractivity contribution is -0.311. The van der Waals surface area contributed by atoms with Crippen molar-refractivity contribution in [2.24, 2.45) is 28.7 Å². The normalized spacial score (nSPS) is 46.2. The fourth-order valence-corrected chi connectivity index (χ4v) is 8.31. The lowest BCUT2D eigenvalue weighted by Gasteiger charge is -2.64. The molecule has 2 heterocycles. The second-order valence-corrected chi connectivity index (χ2v) is 11.6. The van der Waals surface area contributed by atoms with Crippen molar-refractivity contribution >= 4 is 18.8 Å². The van der Waals surface area contributed by atoms with Crippen LogP contribution in [0.3, 0.4) is 0 Å². The van der Waals surface area contributed by atoms with Crippen molar-refractivity contribution in [3.8, 4) is 0 Å². The van der Waals surface area contributed by atoms with Crippen LogP contribution in [0.25, 0.3) is 0 Å². The molecule has 1 aromatic rings. The Balaban J connectivity index is 1.27. The maximum atomic E-state index is 13.4. The van der Waals surface area contributed by atoms with Crippen LogP contribution in [0.4, 0.5) is 0 Å². The monoisotopic (exact) mass is 387 g/mol. The first-order chi connectivity index (χ1) is 12.9. The SMILES string of the molecule is CC1(C)CN=C(c2cccc(P3(=O)OC4(O3)C3CC5CC(C3)CC4C5)c2)O1. The van der Waals surface area contributed by atoms with Crippen molar-refractivity contribution in [1.82, 2.24) is 0 Å². The first-order valence-electron chi connectivity index (χ1n) is 10.2. The van der Waals surface area contributed by atoms with Crippen LogP contribution in [0.5, 0.6) is 0 Å². The third-order valence-electron chi connectivity index (χ3n) is 7.19. The van der Waals surface area contributed by atoms with Crippen LogP contribution in [-0.2, 0) is 18.3 Å². The molecule has 4 aliphatic carbocycles. The molecule has 1 saturated heterocycles. The van der Waals surface area contributed by atoms with Crippen LogP contribution < -0.4 is 5.30 Å². The minimum Gasteiger partial charge on any atom is -0.469 e. The molecule has 2 aliphatic heterocycles. The summed E-state index contributed by atoms with van der Waals surface area (Å²) in [5.41, 5.74) is 0.551. The van der Waals surface area contributed by atoms with Crippen molar-refractivity contribution in [3.05, 3.63) is 29.8 Å². The van der Waals surface area contributed by atoms with Gasteiger partial charge in [-0.3, -0.25) is 13.6 Å². The number of benzene rings is 1. The highest BCUT2D eigenvalue weighted by Gasteiger charge is 2.69. The average Bonchev–Trinajstić information content (AvgIpc) is 2.97. The zero-order valence-electron chi connectivity index (χ0n) is 15.9.